The molecule has 0 aromatic heterocycles. The van der Waals surface area contributed by atoms with Crippen LogP contribution < -0.4 is 5.32 Å². The van der Waals surface area contributed by atoms with Crippen molar-refractivity contribution in [3.05, 3.63) is 27.7 Å². The number of benzene rings is 1. The number of halogens is 2. The Morgan fingerprint density at radius 2 is 2.27 bits per heavy atom. The van der Waals surface area contributed by atoms with Crippen LogP contribution in [0.1, 0.15) is 20.3 Å². The number of anilines is 1. The van der Waals surface area contributed by atoms with Crippen molar-refractivity contribution >= 4 is 39.1 Å². The monoisotopic (exact) mass is 289 g/mol. The molecule has 0 aliphatic rings. The van der Waals surface area contributed by atoms with E-state index in [-0.39, 0.29) is 11.8 Å². The SMILES string of the molecule is CCC(C)C(=O)Nc1ccc(Br)c(Cl)c1. The van der Waals surface area contributed by atoms with E-state index in [1.54, 1.807) is 6.07 Å². The van der Waals surface area contributed by atoms with Gasteiger partial charge in [-0.3, -0.25) is 4.79 Å². The lowest BCUT2D eigenvalue weighted by Crippen LogP contribution is -2.19. The number of amides is 1. The first-order valence-corrected chi connectivity index (χ1v) is 5.97. The van der Waals surface area contributed by atoms with Gasteiger partial charge >= 0.3 is 0 Å². The van der Waals surface area contributed by atoms with Crippen LogP contribution in [-0.4, -0.2) is 5.91 Å². The Kier molecular flexibility index (Phi) is 4.61. The molecule has 0 spiro atoms. The van der Waals surface area contributed by atoms with Gasteiger partial charge in [-0.15, -0.1) is 0 Å². The molecule has 15 heavy (non-hydrogen) atoms. The molecule has 0 aliphatic carbocycles. The van der Waals surface area contributed by atoms with E-state index in [2.05, 4.69) is 21.2 Å². The molecule has 0 radical (unpaired) electrons. The largest absolute Gasteiger partial charge is 0.326 e. The Bertz CT molecular complexity index is 368. The van der Waals surface area contributed by atoms with Gasteiger partial charge in [0.2, 0.25) is 5.91 Å². The third-order valence-corrected chi connectivity index (χ3v) is 3.48. The van der Waals surface area contributed by atoms with Gasteiger partial charge in [0.05, 0.1) is 5.02 Å². The Balaban J connectivity index is 2.73. The van der Waals surface area contributed by atoms with Crippen LogP contribution >= 0.6 is 27.5 Å². The molecule has 1 aromatic carbocycles. The molecule has 1 rings (SSSR count). The number of hydrogen-bond acceptors (Lipinski definition) is 1. The van der Waals surface area contributed by atoms with Crippen LogP contribution in [0.5, 0.6) is 0 Å². The molecule has 0 heterocycles. The fraction of sp³-hybridized carbons (Fsp3) is 0.364. The van der Waals surface area contributed by atoms with Crippen molar-refractivity contribution in [3.63, 3.8) is 0 Å². The molecule has 1 amide bonds. The predicted molar refractivity (Wildman–Crippen MR) is 67.2 cm³/mol. The van der Waals surface area contributed by atoms with Crippen molar-refractivity contribution in [2.75, 3.05) is 5.32 Å². The zero-order valence-electron chi connectivity index (χ0n) is 8.68. The van der Waals surface area contributed by atoms with Crippen LogP contribution in [0.15, 0.2) is 22.7 Å². The van der Waals surface area contributed by atoms with E-state index in [0.29, 0.717) is 5.02 Å². The standard InChI is InChI=1S/C11H13BrClNO/c1-3-7(2)11(15)14-8-4-5-9(12)10(13)6-8/h4-7H,3H2,1-2H3,(H,14,15). The third-order valence-electron chi connectivity index (χ3n) is 2.25. The van der Waals surface area contributed by atoms with Gasteiger partial charge in [0.15, 0.2) is 0 Å². The lowest BCUT2D eigenvalue weighted by Gasteiger charge is -2.10. The Morgan fingerprint density at radius 3 is 2.80 bits per heavy atom. The van der Waals surface area contributed by atoms with Crippen molar-refractivity contribution < 1.29 is 4.79 Å². The quantitative estimate of drug-likeness (QED) is 0.892. The molecule has 82 valence electrons. The third kappa shape index (κ3) is 3.50. The number of rotatable bonds is 3. The molecule has 4 heteroatoms. The maximum Gasteiger partial charge on any atom is 0.227 e. The molecule has 0 saturated carbocycles. The van der Waals surface area contributed by atoms with E-state index in [0.717, 1.165) is 16.6 Å². The summed E-state index contributed by atoms with van der Waals surface area (Å²) in [4.78, 5) is 11.6. The van der Waals surface area contributed by atoms with Gasteiger partial charge in [-0.25, -0.2) is 0 Å². The average Bonchev–Trinajstić information content (AvgIpc) is 2.22. The maximum atomic E-state index is 11.6. The van der Waals surface area contributed by atoms with Gasteiger partial charge in [0, 0.05) is 16.1 Å². The van der Waals surface area contributed by atoms with Crippen LogP contribution in [0, 0.1) is 5.92 Å². The Hall–Kier alpha value is -0.540. The van der Waals surface area contributed by atoms with Crippen LogP contribution in [0.4, 0.5) is 5.69 Å². The molecule has 0 aliphatic heterocycles. The average molecular weight is 291 g/mol. The lowest BCUT2D eigenvalue weighted by molar-refractivity contribution is -0.119. The maximum absolute atomic E-state index is 11.6. The summed E-state index contributed by atoms with van der Waals surface area (Å²) in [5.74, 6) is 0.0447. The summed E-state index contributed by atoms with van der Waals surface area (Å²) in [6.07, 6.45) is 0.829. The highest BCUT2D eigenvalue weighted by atomic mass is 79.9. The highest BCUT2D eigenvalue weighted by molar-refractivity contribution is 9.10. The van der Waals surface area contributed by atoms with E-state index in [9.17, 15) is 4.79 Å². The molecular weight excluding hydrogens is 277 g/mol. The highest BCUT2D eigenvalue weighted by Gasteiger charge is 2.10. The van der Waals surface area contributed by atoms with Gasteiger partial charge in [0.25, 0.3) is 0 Å². The van der Waals surface area contributed by atoms with Crippen LogP contribution in [-0.2, 0) is 4.79 Å². The molecule has 1 unspecified atom stereocenters. The van der Waals surface area contributed by atoms with E-state index in [4.69, 9.17) is 11.6 Å². The molecule has 0 bridgehead atoms. The normalized spacial score (nSPS) is 12.3. The van der Waals surface area contributed by atoms with Crippen molar-refractivity contribution in [3.8, 4) is 0 Å². The summed E-state index contributed by atoms with van der Waals surface area (Å²) < 4.78 is 0.825. The van der Waals surface area contributed by atoms with Crippen LogP contribution in [0.25, 0.3) is 0 Å². The Morgan fingerprint density at radius 1 is 1.60 bits per heavy atom. The smallest absolute Gasteiger partial charge is 0.227 e. The fourth-order valence-electron chi connectivity index (χ4n) is 1.02. The first-order valence-electron chi connectivity index (χ1n) is 4.80. The number of hydrogen-bond donors (Lipinski definition) is 1. The summed E-state index contributed by atoms with van der Waals surface area (Å²) in [6.45, 7) is 3.88. The zero-order valence-corrected chi connectivity index (χ0v) is 11.0. The fourth-order valence-corrected chi connectivity index (χ4v) is 1.45. The topological polar surface area (TPSA) is 29.1 Å². The van der Waals surface area contributed by atoms with E-state index < -0.39 is 0 Å². The van der Waals surface area contributed by atoms with Crippen LogP contribution in [0.3, 0.4) is 0 Å². The van der Waals surface area contributed by atoms with Crippen molar-refractivity contribution in [1.82, 2.24) is 0 Å². The van der Waals surface area contributed by atoms with Gasteiger partial charge < -0.3 is 5.32 Å². The molecule has 1 atom stereocenters. The summed E-state index contributed by atoms with van der Waals surface area (Å²) in [5, 5.41) is 3.41. The minimum absolute atomic E-state index is 0.0208. The summed E-state index contributed by atoms with van der Waals surface area (Å²) in [6, 6.07) is 5.36. The molecule has 0 fully saturated rings. The first-order chi connectivity index (χ1) is 7.04. The molecule has 2 nitrogen and oxygen atoms in total. The minimum atomic E-state index is 0.0208. The van der Waals surface area contributed by atoms with Gasteiger partial charge in [0.1, 0.15) is 0 Å². The summed E-state index contributed by atoms with van der Waals surface area (Å²) >= 11 is 9.21. The molecule has 0 saturated heterocycles. The van der Waals surface area contributed by atoms with Crippen molar-refractivity contribution in [2.45, 2.75) is 20.3 Å². The van der Waals surface area contributed by atoms with Gasteiger partial charge in [-0.1, -0.05) is 25.4 Å². The summed E-state index contributed by atoms with van der Waals surface area (Å²) in [7, 11) is 0. The second-order valence-corrected chi connectivity index (χ2v) is 4.69. The second kappa shape index (κ2) is 5.52. The first kappa shape index (κ1) is 12.5. The zero-order chi connectivity index (χ0) is 11.4. The second-order valence-electron chi connectivity index (χ2n) is 3.43. The molecule has 1 N–H and O–H groups in total. The lowest BCUT2D eigenvalue weighted by atomic mass is 10.1. The van der Waals surface area contributed by atoms with E-state index >= 15 is 0 Å². The van der Waals surface area contributed by atoms with E-state index in [1.165, 1.54) is 0 Å². The number of carbonyl (C=O) groups excluding carboxylic acids is 1. The van der Waals surface area contributed by atoms with Gasteiger partial charge in [-0.2, -0.15) is 0 Å². The summed E-state index contributed by atoms with van der Waals surface area (Å²) in [5.41, 5.74) is 0.730. The highest BCUT2D eigenvalue weighted by Crippen LogP contribution is 2.25. The molecular formula is C11H13BrClNO. The van der Waals surface area contributed by atoms with Gasteiger partial charge in [-0.05, 0) is 40.5 Å². The minimum Gasteiger partial charge on any atom is -0.326 e. The van der Waals surface area contributed by atoms with Crippen molar-refractivity contribution in [2.24, 2.45) is 5.92 Å². The predicted octanol–water partition coefficient (Wildman–Crippen LogP) is 4.09. The van der Waals surface area contributed by atoms with E-state index in [1.807, 2.05) is 26.0 Å². The number of carbonyl (C=O) groups is 1. The van der Waals surface area contributed by atoms with Crippen molar-refractivity contribution in [1.29, 1.82) is 0 Å². The number of nitrogens with one attached hydrogen (secondary N) is 1. The van der Waals surface area contributed by atoms with Crippen LogP contribution in [0.2, 0.25) is 5.02 Å². The molecule has 1 aromatic rings. The Labute approximate surface area is 103 Å².